The number of benzene rings is 3. The third-order valence-corrected chi connectivity index (χ3v) is 6.90. The molecule has 0 radical (unpaired) electrons. The van der Waals surface area contributed by atoms with Crippen molar-refractivity contribution < 1.29 is 9.53 Å². The van der Waals surface area contributed by atoms with E-state index in [1.165, 1.54) is 5.56 Å². The number of carbonyl (C=O) groups is 1. The van der Waals surface area contributed by atoms with E-state index in [9.17, 15) is 10.1 Å². The Morgan fingerprint density at radius 3 is 2.35 bits per heavy atom. The number of halogens is 1. The summed E-state index contributed by atoms with van der Waals surface area (Å²) in [7, 11) is 0. The maximum atomic E-state index is 13.0. The van der Waals surface area contributed by atoms with Crippen LogP contribution in [0.1, 0.15) is 37.5 Å². The number of carbonyl (C=O) groups excluding carboxylic acids is 1. The molecule has 0 N–H and O–H groups in total. The van der Waals surface area contributed by atoms with E-state index in [0.29, 0.717) is 30.2 Å². The zero-order valence-electron chi connectivity index (χ0n) is 21.7. The van der Waals surface area contributed by atoms with Crippen molar-refractivity contribution >= 4 is 23.4 Å². The minimum atomic E-state index is -0.537. The molecule has 1 aliphatic rings. The van der Waals surface area contributed by atoms with Crippen LogP contribution in [0.25, 0.3) is 0 Å². The van der Waals surface area contributed by atoms with Crippen LogP contribution in [0.3, 0.4) is 0 Å². The van der Waals surface area contributed by atoms with Crippen molar-refractivity contribution in [2.45, 2.75) is 39.3 Å². The molecular weight excluding hydrogens is 482 g/mol. The van der Waals surface area contributed by atoms with Gasteiger partial charge in [0.05, 0.1) is 11.6 Å². The summed E-state index contributed by atoms with van der Waals surface area (Å²) in [6.07, 6.45) is 0.635. The van der Waals surface area contributed by atoms with Crippen molar-refractivity contribution in [3.8, 4) is 6.07 Å². The summed E-state index contributed by atoms with van der Waals surface area (Å²) in [4.78, 5) is 17.2. The van der Waals surface area contributed by atoms with Crippen molar-refractivity contribution in [3.05, 3.63) is 101 Å². The molecule has 5 nitrogen and oxygen atoms in total. The fourth-order valence-corrected chi connectivity index (χ4v) is 5.05. The predicted molar refractivity (Wildman–Crippen MR) is 149 cm³/mol. The van der Waals surface area contributed by atoms with Gasteiger partial charge in [-0.05, 0) is 86.6 Å². The van der Waals surface area contributed by atoms with E-state index < -0.39 is 5.60 Å². The first-order valence-electron chi connectivity index (χ1n) is 12.7. The largest absolute Gasteiger partial charge is 0.444 e. The molecule has 2 atom stereocenters. The van der Waals surface area contributed by atoms with Gasteiger partial charge in [0.15, 0.2) is 0 Å². The lowest BCUT2D eigenvalue weighted by atomic mass is 9.89. The SMILES string of the molecule is CC(C)(C)OC(=O)N1C[C@@H](Cc2ccccc2)[C@@H](CN(Cc2cccc(C#N)c2)c2ccc(Cl)cc2)C1. The molecule has 0 aliphatic carbocycles. The molecule has 0 bridgehead atoms. The standard InChI is InChI=1S/C31H34ClN3O2/c1-31(2,3)37-30(36)35-20-26(17-23-8-5-4-6-9-23)27(22-35)21-34(29-14-12-28(32)13-15-29)19-25-11-7-10-24(16-25)18-33/h4-16,26-27H,17,19-22H2,1-3H3/t26-,27+/m1/s1. The Bertz CT molecular complexity index is 1230. The van der Waals surface area contributed by atoms with E-state index in [1.807, 2.05) is 80.3 Å². The number of anilines is 1. The van der Waals surface area contributed by atoms with Crippen LogP contribution >= 0.6 is 11.6 Å². The molecule has 6 heteroatoms. The van der Waals surface area contributed by atoms with Crippen LogP contribution in [0.15, 0.2) is 78.9 Å². The van der Waals surface area contributed by atoms with Gasteiger partial charge in [-0.3, -0.25) is 0 Å². The number of nitriles is 1. The number of rotatable bonds is 7. The molecule has 1 aliphatic heterocycles. The maximum absolute atomic E-state index is 13.0. The van der Waals surface area contributed by atoms with Gasteiger partial charge in [0.2, 0.25) is 0 Å². The molecular formula is C31H34ClN3O2. The fourth-order valence-electron chi connectivity index (χ4n) is 4.93. The van der Waals surface area contributed by atoms with Crippen LogP contribution in [0.2, 0.25) is 5.02 Å². The summed E-state index contributed by atoms with van der Waals surface area (Å²) >= 11 is 6.19. The summed E-state index contributed by atoms with van der Waals surface area (Å²) in [6.45, 7) is 8.40. The summed E-state index contributed by atoms with van der Waals surface area (Å²) in [6, 6.07) is 28.3. The predicted octanol–water partition coefficient (Wildman–Crippen LogP) is 6.94. The second-order valence-corrected chi connectivity index (χ2v) is 11.2. The van der Waals surface area contributed by atoms with Crippen LogP contribution in [0, 0.1) is 23.2 Å². The lowest BCUT2D eigenvalue weighted by Crippen LogP contribution is -2.36. The Hall–Kier alpha value is -3.49. The van der Waals surface area contributed by atoms with E-state index in [-0.39, 0.29) is 17.9 Å². The Kier molecular flexibility index (Phi) is 8.41. The lowest BCUT2D eigenvalue weighted by molar-refractivity contribution is 0.0284. The quantitative estimate of drug-likeness (QED) is 0.342. The molecule has 4 rings (SSSR count). The molecule has 1 amide bonds. The van der Waals surface area contributed by atoms with Gasteiger partial charge >= 0.3 is 6.09 Å². The number of ether oxygens (including phenoxy) is 1. The smallest absolute Gasteiger partial charge is 0.410 e. The highest BCUT2D eigenvalue weighted by atomic mass is 35.5. The summed E-state index contributed by atoms with van der Waals surface area (Å²) in [5.41, 5.74) is 3.50. The van der Waals surface area contributed by atoms with E-state index >= 15 is 0 Å². The van der Waals surface area contributed by atoms with Gasteiger partial charge in [-0.25, -0.2) is 4.79 Å². The highest BCUT2D eigenvalue weighted by Crippen LogP contribution is 2.31. The van der Waals surface area contributed by atoms with E-state index in [4.69, 9.17) is 16.3 Å². The number of hydrogen-bond donors (Lipinski definition) is 0. The summed E-state index contributed by atoms with van der Waals surface area (Å²) < 4.78 is 5.72. The van der Waals surface area contributed by atoms with E-state index in [2.05, 4.69) is 35.2 Å². The van der Waals surface area contributed by atoms with Crippen molar-refractivity contribution in [1.29, 1.82) is 5.26 Å². The topological polar surface area (TPSA) is 56.6 Å². The Labute approximate surface area is 225 Å². The number of amides is 1. The summed E-state index contributed by atoms with van der Waals surface area (Å²) in [5.74, 6) is 0.526. The fraction of sp³-hybridized carbons (Fsp3) is 0.355. The summed E-state index contributed by atoms with van der Waals surface area (Å²) in [5, 5.41) is 10.1. The van der Waals surface area contributed by atoms with Crippen LogP contribution in [0.5, 0.6) is 0 Å². The Morgan fingerprint density at radius 2 is 1.68 bits per heavy atom. The first kappa shape index (κ1) is 26.6. The van der Waals surface area contributed by atoms with Gasteiger partial charge < -0.3 is 14.5 Å². The molecule has 0 unspecified atom stereocenters. The lowest BCUT2D eigenvalue weighted by Gasteiger charge is -2.30. The van der Waals surface area contributed by atoms with E-state index in [1.54, 1.807) is 0 Å². The molecule has 192 valence electrons. The first-order chi connectivity index (χ1) is 17.7. The average molecular weight is 516 g/mol. The number of nitrogens with zero attached hydrogens (tertiary/aromatic N) is 3. The molecule has 0 spiro atoms. The minimum Gasteiger partial charge on any atom is -0.444 e. The van der Waals surface area contributed by atoms with Crippen molar-refractivity contribution in [3.63, 3.8) is 0 Å². The van der Waals surface area contributed by atoms with Gasteiger partial charge in [0.1, 0.15) is 5.60 Å². The minimum absolute atomic E-state index is 0.238. The molecule has 1 saturated heterocycles. The Morgan fingerprint density at radius 1 is 1.00 bits per heavy atom. The second-order valence-electron chi connectivity index (χ2n) is 10.8. The highest BCUT2D eigenvalue weighted by Gasteiger charge is 2.38. The molecule has 0 saturated carbocycles. The monoisotopic (exact) mass is 515 g/mol. The van der Waals surface area contributed by atoms with Crippen LogP contribution in [-0.2, 0) is 17.7 Å². The van der Waals surface area contributed by atoms with E-state index in [0.717, 1.165) is 24.2 Å². The maximum Gasteiger partial charge on any atom is 0.410 e. The van der Waals surface area contributed by atoms with Crippen LogP contribution < -0.4 is 4.90 Å². The zero-order valence-corrected chi connectivity index (χ0v) is 22.5. The molecule has 3 aromatic rings. The zero-order chi connectivity index (χ0) is 26.4. The van der Waals surface area contributed by atoms with Crippen molar-refractivity contribution in [2.75, 3.05) is 24.5 Å². The molecule has 1 fully saturated rings. The van der Waals surface area contributed by atoms with Gasteiger partial charge in [-0.2, -0.15) is 5.26 Å². The van der Waals surface area contributed by atoms with Crippen molar-refractivity contribution in [1.82, 2.24) is 4.90 Å². The third kappa shape index (κ3) is 7.50. The van der Waals surface area contributed by atoms with Gasteiger partial charge in [-0.15, -0.1) is 0 Å². The normalized spacial score (nSPS) is 17.3. The Balaban J connectivity index is 1.60. The highest BCUT2D eigenvalue weighted by molar-refractivity contribution is 6.30. The molecule has 37 heavy (non-hydrogen) atoms. The average Bonchev–Trinajstić information content (AvgIpc) is 3.26. The van der Waals surface area contributed by atoms with Gasteiger partial charge in [0, 0.05) is 36.9 Å². The van der Waals surface area contributed by atoms with Crippen molar-refractivity contribution in [2.24, 2.45) is 11.8 Å². The molecule has 3 aromatic carbocycles. The number of likely N-dealkylation sites (tertiary alicyclic amines) is 1. The third-order valence-electron chi connectivity index (χ3n) is 6.65. The molecule has 0 aromatic heterocycles. The van der Waals surface area contributed by atoms with Crippen LogP contribution in [-0.4, -0.2) is 36.2 Å². The second kappa shape index (κ2) is 11.7. The molecule has 1 heterocycles. The first-order valence-corrected chi connectivity index (χ1v) is 13.1. The number of hydrogen-bond acceptors (Lipinski definition) is 4. The van der Waals surface area contributed by atoms with Gasteiger partial charge in [0.25, 0.3) is 0 Å². The van der Waals surface area contributed by atoms with Gasteiger partial charge in [-0.1, -0.05) is 54.1 Å². The van der Waals surface area contributed by atoms with Crippen LogP contribution in [0.4, 0.5) is 10.5 Å².